The summed E-state index contributed by atoms with van der Waals surface area (Å²) in [4.78, 5) is 12.5. The SMILES string of the molecule is Cc1nn(C)c(C)c1C(=O)NCc1ccccc1Cn1cccn1. The van der Waals surface area contributed by atoms with Gasteiger partial charge in [-0.1, -0.05) is 24.3 Å². The molecule has 0 fully saturated rings. The lowest BCUT2D eigenvalue weighted by atomic mass is 10.1. The van der Waals surface area contributed by atoms with E-state index in [-0.39, 0.29) is 5.91 Å². The molecule has 1 amide bonds. The number of hydrogen-bond donors (Lipinski definition) is 1. The summed E-state index contributed by atoms with van der Waals surface area (Å²) in [7, 11) is 1.85. The average molecular weight is 323 g/mol. The summed E-state index contributed by atoms with van der Waals surface area (Å²) in [6.45, 7) is 4.92. The van der Waals surface area contributed by atoms with Crippen molar-refractivity contribution in [2.75, 3.05) is 0 Å². The van der Waals surface area contributed by atoms with Crippen molar-refractivity contribution in [1.29, 1.82) is 0 Å². The molecule has 0 saturated carbocycles. The first-order chi connectivity index (χ1) is 11.6. The normalized spacial score (nSPS) is 10.8. The number of hydrogen-bond acceptors (Lipinski definition) is 3. The number of nitrogens with zero attached hydrogens (tertiary/aromatic N) is 4. The van der Waals surface area contributed by atoms with Crippen molar-refractivity contribution in [3.05, 3.63) is 70.8 Å². The molecule has 1 aromatic carbocycles. The van der Waals surface area contributed by atoms with Gasteiger partial charge in [-0.3, -0.25) is 14.2 Å². The third kappa shape index (κ3) is 3.22. The van der Waals surface area contributed by atoms with Crippen molar-refractivity contribution in [3.8, 4) is 0 Å². The van der Waals surface area contributed by atoms with Gasteiger partial charge in [-0.2, -0.15) is 10.2 Å². The van der Waals surface area contributed by atoms with E-state index in [9.17, 15) is 4.79 Å². The van der Waals surface area contributed by atoms with Crippen molar-refractivity contribution in [2.24, 2.45) is 7.05 Å². The first-order valence-corrected chi connectivity index (χ1v) is 7.89. The van der Waals surface area contributed by atoms with E-state index < -0.39 is 0 Å². The van der Waals surface area contributed by atoms with Crippen molar-refractivity contribution in [3.63, 3.8) is 0 Å². The van der Waals surface area contributed by atoms with Crippen LogP contribution >= 0.6 is 0 Å². The molecule has 6 heteroatoms. The second-order valence-corrected chi connectivity index (χ2v) is 5.82. The van der Waals surface area contributed by atoms with Gasteiger partial charge in [-0.15, -0.1) is 0 Å². The van der Waals surface area contributed by atoms with Crippen LogP contribution < -0.4 is 5.32 Å². The van der Waals surface area contributed by atoms with Crippen molar-refractivity contribution in [1.82, 2.24) is 24.9 Å². The number of aryl methyl sites for hydroxylation is 2. The first kappa shape index (κ1) is 16.0. The quantitative estimate of drug-likeness (QED) is 0.783. The molecule has 2 aromatic heterocycles. The van der Waals surface area contributed by atoms with Gasteiger partial charge in [-0.25, -0.2) is 0 Å². The summed E-state index contributed by atoms with van der Waals surface area (Å²) >= 11 is 0. The fourth-order valence-corrected chi connectivity index (χ4v) is 2.82. The van der Waals surface area contributed by atoms with E-state index in [1.165, 1.54) is 0 Å². The highest BCUT2D eigenvalue weighted by Gasteiger charge is 2.17. The average Bonchev–Trinajstić information content (AvgIpc) is 3.15. The molecule has 3 rings (SSSR count). The Hall–Kier alpha value is -2.89. The minimum absolute atomic E-state index is 0.0907. The van der Waals surface area contributed by atoms with E-state index in [0.29, 0.717) is 18.7 Å². The highest BCUT2D eigenvalue weighted by molar-refractivity contribution is 5.96. The van der Waals surface area contributed by atoms with E-state index in [0.717, 1.165) is 22.5 Å². The smallest absolute Gasteiger partial charge is 0.255 e. The van der Waals surface area contributed by atoms with Crippen LogP contribution in [0.25, 0.3) is 0 Å². The molecule has 0 aliphatic rings. The Bertz CT molecular complexity index is 848. The first-order valence-electron chi connectivity index (χ1n) is 7.89. The summed E-state index contributed by atoms with van der Waals surface area (Å²) in [6.07, 6.45) is 3.69. The van der Waals surface area contributed by atoms with Crippen LogP contribution in [-0.4, -0.2) is 25.5 Å². The lowest BCUT2D eigenvalue weighted by molar-refractivity contribution is 0.0949. The van der Waals surface area contributed by atoms with Crippen LogP contribution in [-0.2, 0) is 20.1 Å². The highest BCUT2D eigenvalue weighted by Crippen LogP contribution is 2.14. The molecule has 0 bridgehead atoms. The van der Waals surface area contributed by atoms with E-state index in [1.54, 1.807) is 10.9 Å². The zero-order valence-electron chi connectivity index (χ0n) is 14.2. The van der Waals surface area contributed by atoms with Crippen LogP contribution in [0.2, 0.25) is 0 Å². The molecule has 3 aromatic rings. The Kier molecular flexibility index (Phi) is 4.46. The Balaban J connectivity index is 1.74. The van der Waals surface area contributed by atoms with Gasteiger partial charge in [-0.05, 0) is 31.0 Å². The molecule has 0 saturated heterocycles. The van der Waals surface area contributed by atoms with Crippen molar-refractivity contribution >= 4 is 5.91 Å². The Morgan fingerprint density at radius 3 is 2.54 bits per heavy atom. The second kappa shape index (κ2) is 6.70. The van der Waals surface area contributed by atoms with Crippen LogP contribution in [0.5, 0.6) is 0 Å². The van der Waals surface area contributed by atoms with Crippen LogP contribution in [0.4, 0.5) is 0 Å². The molecule has 24 heavy (non-hydrogen) atoms. The molecule has 2 heterocycles. The third-order valence-corrected chi connectivity index (χ3v) is 4.19. The predicted octanol–water partition coefficient (Wildman–Crippen LogP) is 2.21. The monoisotopic (exact) mass is 323 g/mol. The fourth-order valence-electron chi connectivity index (χ4n) is 2.82. The zero-order chi connectivity index (χ0) is 17.1. The molecule has 0 spiro atoms. The van der Waals surface area contributed by atoms with Crippen LogP contribution in [0.3, 0.4) is 0 Å². The van der Waals surface area contributed by atoms with Gasteiger partial charge in [0.2, 0.25) is 0 Å². The minimum atomic E-state index is -0.0907. The summed E-state index contributed by atoms with van der Waals surface area (Å²) < 4.78 is 3.60. The summed E-state index contributed by atoms with van der Waals surface area (Å²) in [5, 5.41) is 11.5. The molecule has 0 atom stereocenters. The topological polar surface area (TPSA) is 64.7 Å². The standard InChI is InChI=1S/C18H21N5O/c1-13-17(14(2)22(3)21-13)18(24)19-11-15-7-4-5-8-16(15)12-23-10-6-9-20-23/h4-10H,11-12H2,1-3H3,(H,19,24). The Labute approximate surface area is 141 Å². The molecule has 124 valence electrons. The number of rotatable bonds is 5. The molecule has 0 unspecified atom stereocenters. The van der Waals surface area contributed by atoms with Crippen LogP contribution in [0.15, 0.2) is 42.7 Å². The zero-order valence-corrected chi connectivity index (χ0v) is 14.2. The van der Waals surface area contributed by atoms with Crippen LogP contribution in [0, 0.1) is 13.8 Å². The van der Waals surface area contributed by atoms with Gasteiger partial charge in [0.1, 0.15) is 0 Å². The predicted molar refractivity (Wildman–Crippen MR) is 91.6 cm³/mol. The Morgan fingerprint density at radius 2 is 1.92 bits per heavy atom. The van der Waals surface area contributed by atoms with Gasteiger partial charge >= 0.3 is 0 Å². The number of benzene rings is 1. The molecule has 0 radical (unpaired) electrons. The van der Waals surface area contributed by atoms with Gasteiger partial charge in [0, 0.05) is 31.7 Å². The molecule has 1 N–H and O–H groups in total. The molecule has 0 aliphatic heterocycles. The Morgan fingerprint density at radius 1 is 1.17 bits per heavy atom. The maximum absolute atomic E-state index is 12.5. The lowest BCUT2D eigenvalue weighted by Gasteiger charge is -2.11. The fraction of sp³-hybridized carbons (Fsp3) is 0.278. The minimum Gasteiger partial charge on any atom is -0.348 e. The molecule has 6 nitrogen and oxygen atoms in total. The van der Waals surface area contributed by atoms with E-state index in [1.807, 2.05) is 56.0 Å². The van der Waals surface area contributed by atoms with Gasteiger partial charge < -0.3 is 5.32 Å². The summed E-state index contributed by atoms with van der Waals surface area (Å²) in [5.41, 5.74) is 4.50. The second-order valence-electron chi connectivity index (χ2n) is 5.82. The van der Waals surface area contributed by atoms with Gasteiger partial charge in [0.25, 0.3) is 5.91 Å². The maximum atomic E-state index is 12.5. The summed E-state index contributed by atoms with van der Waals surface area (Å²) in [5.74, 6) is -0.0907. The number of amides is 1. The van der Waals surface area contributed by atoms with E-state index >= 15 is 0 Å². The number of nitrogens with one attached hydrogen (secondary N) is 1. The summed E-state index contributed by atoms with van der Waals surface area (Å²) in [6, 6.07) is 9.97. The number of carbonyl (C=O) groups excluding carboxylic acids is 1. The van der Waals surface area contributed by atoms with Crippen molar-refractivity contribution in [2.45, 2.75) is 26.9 Å². The number of aromatic nitrogens is 4. The third-order valence-electron chi connectivity index (χ3n) is 4.19. The number of carbonyl (C=O) groups is 1. The largest absolute Gasteiger partial charge is 0.348 e. The molecular weight excluding hydrogens is 302 g/mol. The van der Waals surface area contributed by atoms with E-state index in [2.05, 4.69) is 21.6 Å². The lowest BCUT2D eigenvalue weighted by Crippen LogP contribution is -2.24. The van der Waals surface area contributed by atoms with Crippen LogP contribution in [0.1, 0.15) is 32.9 Å². The maximum Gasteiger partial charge on any atom is 0.255 e. The van der Waals surface area contributed by atoms with E-state index in [4.69, 9.17) is 0 Å². The molecular formula is C18H21N5O. The highest BCUT2D eigenvalue weighted by atomic mass is 16.1. The van der Waals surface area contributed by atoms with Gasteiger partial charge in [0.15, 0.2) is 0 Å². The van der Waals surface area contributed by atoms with Crippen molar-refractivity contribution < 1.29 is 4.79 Å². The van der Waals surface area contributed by atoms with Gasteiger partial charge in [0.05, 0.1) is 17.8 Å². The molecule has 0 aliphatic carbocycles.